The smallest absolute Gasteiger partial charge is 0.405 e. The van der Waals surface area contributed by atoms with Gasteiger partial charge in [-0.2, -0.15) is 0 Å². The lowest BCUT2D eigenvalue weighted by Gasteiger charge is -2.15. The van der Waals surface area contributed by atoms with Crippen molar-refractivity contribution < 1.29 is 17.9 Å². The van der Waals surface area contributed by atoms with Crippen molar-refractivity contribution in [1.29, 1.82) is 0 Å². The molecule has 2 rings (SSSR count). The molecule has 0 aliphatic heterocycles. The molecule has 2 nitrogen and oxygen atoms in total. The fraction of sp³-hybridized carbons (Fsp3) is 0.200. The number of hydrogen-bond acceptors (Lipinski definition) is 2. The molecule has 0 heterocycles. The van der Waals surface area contributed by atoms with Crippen LogP contribution in [0.15, 0.2) is 42.5 Å². The molecule has 0 bridgehead atoms. The van der Waals surface area contributed by atoms with Gasteiger partial charge in [0.1, 0.15) is 5.75 Å². The van der Waals surface area contributed by atoms with Gasteiger partial charge in [-0.05, 0) is 30.2 Å². The van der Waals surface area contributed by atoms with Crippen LogP contribution in [0.25, 0.3) is 11.1 Å². The lowest BCUT2D eigenvalue weighted by Crippen LogP contribution is -2.17. The summed E-state index contributed by atoms with van der Waals surface area (Å²) in [4.78, 5) is 0. The standard InChI is InChI=1S/C15H13ClF3NO/c1-9(20)11-7-6-10(8-13(11)16)12-4-2-3-5-14(12)21-15(17,18)19/h2-9H,20H2,1H3. The van der Waals surface area contributed by atoms with Gasteiger partial charge in [0, 0.05) is 16.6 Å². The molecule has 1 unspecified atom stereocenters. The average molecular weight is 316 g/mol. The summed E-state index contributed by atoms with van der Waals surface area (Å²) in [7, 11) is 0. The van der Waals surface area contributed by atoms with Gasteiger partial charge in [-0.3, -0.25) is 0 Å². The van der Waals surface area contributed by atoms with Crippen LogP contribution in [0.3, 0.4) is 0 Å². The normalized spacial score (nSPS) is 13.0. The van der Waals surface area contributed by atoms with E-state index in [0.717, 1.165) is 5.56 Å². The van der Waals surface area contributed by atoms with E-state index in [1.54, 1.807) is 31.2 Å². The van der Waals surface area contributed by atoms with Crippen LogP contribution in [0, 0.1) is 0 Å². The third-order valence-electron chi connectivity index (χ3n) is 2.91. The zero-order valence-corrected chi connectivity index (χ0v) is 11.9. The molecule has 0 fully saturated rings. The van der Waals surface area contributed by atoms with Crippen LogP contribution in [0.4, 0.5) is 13.2 Å². The fourth-order valence-corrected chi connectivity index (χ4v) is 2.34. The van der Waals surface area contributed by atoms with Crippen molar-refractivity contribution in [3.05, 3.63) is 53.1 Å². The van der Waals surface area contributed by atoms with Gasteiger partial charge < -0.3 is 10.5 Å². The van der Waals surface area contributed by atoms with E-state index in [-0.39, 0.29) is 11.8 Å². The zero-order chi connectivity index (χ0) is 15.6. The van der Waals surface area contributed by atoms with Crippen LogP contribution in [0.1, 0.15) is 18.5 Å². The summed E-state index contributed by atoms with van der Waals surface area (Å²) < 4.78 is 41.3. The quantitative estimate of drug-likeness (QED) is 0.872. The number of hydrogen-bond donors (Lipinski definition) is 1. The summed E-state index contributed by atoms with van der Waals surface area (Å²) in [5.74, 6) is -0.269. The Balaban J connectivity index is 2.45. The highest BCUT2D eigenvalue weighted by Crippen LogP contribution is 2.36. The SMILES string of the molecule is CC(N)c1ccc(-c2ccccc2OC(F)(F)F)cc1Cl. The van der Waals surface area contributed by atoms with Crippen molar-refractivity contribution in [3.63, 3.8) is 0 Å². The number of benzene rings is 2. The van der Waals surface area contributed by atoms with Crippen molar-refractivity contribution in [2.24, 2.45) is 5.73 Å². The highest BCUT2D eigenvalue weighted by molar-refractivity contribution is 6.31. The molecule has 6 heteroatoms. The van der Waals surface area contributed by atoms with Gasteiger partial charge in [0.15, 0.2) is 0 Å². The molecule has 112 valence electrons. The molecule has 0 aliphatic rings. The van der Waals surface area contributed by atoms with Crippen molar-refractivity contribution in [2.75, 3.05) is 0 Å². The number of rotatable bonds is 3. The highest BCUT2D eigenvalue weighted by Gasteiger charge is 2.32. The molecule has 0 aromatic heterocycles. The molecule has 0 saturated carbocycles. The monoisotopic (exact) mass is 315 g/mol. The van der Waals surface area contributed by atoms with Gasteiger partial charge in [-0.1, -0.05) is 41.9 Å². The first kappa shape index (κ1) is 15.7. The van der Waals surface area contributed by atoms with Crippen LogP contribution in [0.2, 0.25) is 5.02 Å². The molecule has 0 amide bonds. The number of nitrogens with two attached hydrogens (primary N) is 1. The summed E-state index contributed by atoms with van der Waals surface area (Å²) in [6.07, 6.45) is -4.74. The minimum absolute atomic E-state index is 0.256. The van der Waals surface area contributed by atoms with Crippen LogP contribution in [-0.2, 0) is 0 Å². The minimum atomic E-state index is -4.74. The molecule has 0 spiro atoms. The van der Waals surface area contributed by atoms with Crippen LogP contribution < -0.4 is 10.5 Å². The maximum absolute atomic E-state index is 12.4. The van der Waals surface area contributed by atoms with Crippen molar-refractivity contribution in [3.8, 4) is 16.9 Å². The second kappa shape index (κ2) is 5.95. The maximum atomic E-state index is 12.4. The topological polar surface area (TPSA) is 35.2 Å². The summed E-state index contributed by atoms with van der Waals surface area (Å²) in [5, 5.41) is 0.407. The van der Waals surface area contributed by atoms with Crippen molar-refractivity contribution in [2.45, 2.75) is 19.3 Å². The summed E-state index contributed by atoms with van der Waals surface area (Å²) in [6, 6.07) is 10.6. The molecule has 2 N–H and O–H groups in total. The first-order chi connectivity index (χ1) is 9.78. The molecule has 0 aliphatic carbocycles. The molecule has 0 saturated heterocycles. The molecule has 2 aromatic rings. The Morgan fingerprint density at radius 3 is 2.38 bits per heavy atom. The molecule has 21 heavy (non-hydrogen) atoms. The number of halogens is 4. The van der Waals surface area contributed by atoms with Crippen LogP contribution in [-0.4, -0.2) is 6.36 Å². The third kappa shape index (κ3) is 3.89. The second-order valence-corrected chi connectivity index (χ2v) is 4.98. The van der Waals surface area contributed by atoms with Gasteiger partial charge in [0.05, 0.1) is 0 Å². The zero-order valence-electron chi connectivity index (χ0n) is 11.1. The van der Waals surface area contributed by atoms with Crippen molar-refractivity contribution in [1.82, 2.24) is 0 Å². The Kier molecular flexibility index (Phi) is 4.44. The van der Waals surface area contributed by atoms with Gasteiger partial charge in [-0.15, -0.1) is 13.2 Å². The van der Waals surface area contributed by atoms with Gasteiger partial charge in [-0.25, -0.2) is 0 Å². The van der Waals surface area contributed by atoms with E-state index in [9.17, 15) is 13.2 Å². The Labute approximate surface area is 125 Å². The summed E-state index contributed by atoms with van der Waals surface area (Å²) in [6.45, 7) is 1.78. The first-order valence-corrected chi connectivity index (χ1v) is 6.56. The Bertz CT molecular complexity index is 641. The second-order valence-electron chi connectivity index (χ2n) is 4.57. The fourth-order valence-electron chi connectivity index (χ4n) is 1.98. The van der Waals surface area contributed by atoms with Gasteiger partial charge in [0.25, 0.3) is 0 Å². The van der Waals surface area contributed by atoms with Crippen molar-refractivity contribution >= 4 is 11.6 Å². The van der Waals surface area contributed by atoms with E-state index in [2.05, 4.69) is 4.74 Å². The summed E-state index contributed by atoms with van der Waals surface area (Å²) >= 11 is 6.12. The Hall–Kier alpha value is -1.72. The predicted molar refractivity (Wildman–Crippen MR) is 76.2 cm³/mol. The van der Waals surface area contributed by atoms with Crippen LogP contribution >= 0.6 is 11.6 Å². The van der Waals surface area contributed by atoms with Gasteiger partial charge in [0.2, 0.25) is 0 Å². The predicted octanol–water partition coefficient (Wildman–Crippen LogP) is 4.93. The summed E-state index contributed by atoms with van der Waals surface area (Å²) in [5.41, 5.74) is 7.33. The molecular formula is C15H13ClF3NO. The lowest BCUT2D eigenvalue weighted by molar-refractivity contribution is -0.274. The van der Waals surface area contributed by atoms with E-state index in [4.69, 9.17) is 17.3 Å². The third-order valence-corrected chi connectivity index (χ3v) is 3.24. The maximum Gasteiger partial charge on any atom is 0.573 e. The highest BCUT2D eigenvalue weighted by atomic mass is 35.5. The van der Waals surface area contributed by atoms with E-state index < -0.39 is 6.36 Å². The molecule has 0 radical (unpaired) electrons. The molecule has 2 aromatic carbocycles. The van der Waals surface area contributed by atoms with E-state index >= 15 is 0 Å². The Morgan fingerprint density at radius 1 is 1.14 bits per heavy atom. The van der Waals surface area contributed by atoms with Gasteiger partial charge >= 0.3 is 6.36 Å². The molecule has 1 atom stereocenters. The largest absolute Gasteiger partial charge is 0.573 e. The van der Waals surface area contributed by atoms with E-state index in [0.29, 0.717) is 16.1 Å². The van der Waals surface area contributed by atoms with Crippen LogP contribution in [0.5, 0.6) is 5.75 Å². The minimum Gasteiger partial charge on any atom is -0.405 e. The van der Waals surface area contributed by atoms with E-state index in [1.807, 2.05) is 0 Å². The number of ether oxygens (including phenoxy) is 1. The first-order valence-electron chi connectivity index (χ1n) is 6.18. The Morgan fingerprint density at radius 2 is 1.81 bits per heavy atom. The molecular weight excluding hydrogens is 303 g/mol. The average Bonchev–Trinajstić information content (AvgIpc) is 2.36. The number of para-hydroxylation sites is 1. The number of alkyl halides is 3. The van der Waals surface area contributed by atoms with E-state index in [1.165, 1.54) is 18.2 Å². The lowest BCUT2D eigenvalue weighted by atomic mass is 10.0.